The number of hydrogen-bond donors (Lipinski definition) is 3. The van der Waals surface area contributed by atoms with Gasteiger partial charge in [-0.15, -0.1) is 11.3 Å². The summed E-state index contributed by atoms with van der Waals surface area (Å²) in [5, 5.41) is 4.95. The zero-order valence-corrected chi connectivity index (χ0v) is 16.7. The van der Waals surface area contributed by atoms with Gasteiger partial charge >= 0.3 is 6.03 Å². The van der Waals surface area contributed by atoms with E-state index in [0.717, 1.165) is 18.2 Å². The molecule has 0 atom stereocenters. The summed E-state index contributed by atoms with van der Waals surface area (Å²) in [6.07, 6.45) is 1.44. The van der Waals surface area contributed by atoms with Gasteiger partial charge in [0.2, 0.25) is 5.88 Å². The Kier molecular flexibility index (Phi) is 7.55. The lowest BCUT2D eigenvalue weighted by Crippen LogP contribution is -2.44. The van der Waals surface area contributed by atoms with Gasteiger partial charge < -0.3 is 24.4 Å². The summed E-state index contributed by atoms with van der Waals surface area (Å²) in [4.78, 5) is 34.5. The maximum atomic E-state index is 12.2. The van der Waals surface area contributed by atoms with Crippen LogP contribution in [0.5, 0.6) is 5.88 Å². The van der Waals surface area contributed by atoms with Crippen molar-refractivity contribution < 1.29 is 23.8 Å². The number of aromatic nitrogens is 2. The summed E-state index contributed by atoms with van der Waals surface area (Å²) in [6, 6.07) is 2.63. The van der Waals surface area contributed by atoms with Gasteiger partial charge in [-0.2, -0.15) is 0 Å². The van der Waals surface area contributed by atoms with Crippen LogP contribution in [0.15, 0.2) is 23.7 Å². The number of rotatable bonds is 7. The van der Waals surface area contributed by atoms with E-state index in [4.69, 9.17) is 14.2 Å². The van der Waals surface area contributed by atoms with Gasteiger partial charge in [-0.1, -0.05) is 0 Å². The SMILES string of the molecule is COCCOc1ccc(NC(=O)NNC(=O)c2csc(N3CCOCC3)n2)cn1. The summed E-state index contributed by atoms with van der Waals surface area (Å²) in [6.45, 7) is 3.58. The smallest absolute Gasteiger partial charge is 0.337 e. The molecule has 2 aromatic rings. The highest BCUT2D eigenvalue weighted by Crippen LogP contribution is 2.21. The second-order valence-electron chi connectivity index (χ2n) is 5.87. The fourth-order valence-electron chi connectivity index (χ4n) is 2.38. The Bertz CT molecular complexity index is 809. The molecule has 3 amide bonds. The summed E-state index contributed by atoms with van der Waals surface area (Å²) in [7, 11) is 1.58. The predicted octanol–water partition coefficient (Wildman–Crippen LogP) is 0.866. The highest BCUT2D eigenvalue weighted by atomic mass is 32.1. The van der Waals surface area contributed by atoms with Gasteiger partial charge in [-0.05, 0) is 6.07 Å². The quantitative estimate of drug-likeness (QED) is 0.443. The van der Waals surface area contributed by atoms with Crippen molar-refractivity contribution in [3.8, 4) is 5.88 Å². The lowest BCUT2D eigenvalue weighted by atomic mass is 10.4. The van der Waals surface area contributed by atoms with Crippen LogP contribution in [0.25, 0.3) is 0 Å². The zero-order valence-electron chi connectivity index (χ0n) is 15.8. The van der Waals surface area contributed by atoms with E-state index in [9.17, 15) is 9.59 Å². The number of carbonyl (C=O) groups excluding carboxylic acids is 2. The second kappa shape index (κ2) is 10.5. The van der Waals surface area contributed by atoms with E-state index in [1.165, 1.54) is 17.5 Å². The van der Waals surface area contributed by atoms with E-state index >= 15 is 0 Å². The number of urea groups is 1. The predicted molar refractivity (Wildman–Crippen MR) is 106 cm³/mol. The van der Waals surface area contributed by atoms with Crippen molar-refractivity contribution in [2.45, 2.75) is 0 Å². The van der Waals surface area contributed by atoms with Crippen LogP contribution in [-0.4, -0.2) is 68.5 Å². The Morgan fingerprint density at radius 2 is 2.07 bits per heavy atom. The van der Waals surface area contributed by atoms with Crippen LogP contribution in [0, 0.1) is 0 Å². The molecule has 3 rings (SSSR count). The van der Waals surface area contributed by atoms with Crippen LogP contribution in [-0.2, 0) is 9.47 Å². The molecule has 1 aliphatic heterocycles. The number of nitrogens with zero attached hydrogens (tertiary/aromatic N) is 3. The first-order valence-electron chi connectivity index (χ1n) is 8.89. The molecule has 29 heavy (non-hydrogen) atoms. The Morgan fingerprint density at radius 1 is 1.24 bits per heavy atom. The third kappa shape index (κ3) is 6.27. The van der Waals surface area contributed by atoms with Crippen molar-refractivity contribution in [2.75, 3.05) is 56.8 Å². The molecule has 11 nitrogen and oxygen atoms in total. The lowest BCUT2D eigenvalue weighted by Gasteiger charge is -2.25. The summed E-state index contributed by atoms with van der Waals surface area (Å²) in [5.74, 6) is -0.0863. The number of thiazole rings is 1. The van der Waals surface area contributed by atoms with E-state index in [-0.39, 0.29) is 5.69 Å². The minimum atomic E-state index is -0.614. The monoisotopic (exact) mass is 422 g/mol. The van der Waals surface area contributed by atoms with Crippen molar-refractivity contribution in [3.63, 3.8) is 0 Å². The Morgan fingerprint density at radius 3 is 2.79 bits per heavy atom. The first kappa shape index (κ1) is 20.8. The van der Waals surface area contributed by atoms with Crippen LogP contribution in [0.1, 0.15) is 10.5 Å². The second-order valence-corrected chi connectivity index (χ2v) is 6.71. The average molecular weight is 422 g/mol. The van der Waals surface area contributed by atoms with E-state index in [1.807, 2.05) is 0 Å². The first-order valence-corrected chi connectivity index (χ1v) is 9.77. The molecule has 0 aromatic carbocycles. The number of carbonyl (C=O) groups is 2. The fourth-order valence-corrected chi connectivity index (χ4v) is 3.24. The summed E-state index contributed by atoms with van der Waals surface area (Å²) < 4.78 is 15.5. The van der Waals surface area contributed by atoms with Crippen LogP contribution in [0.3, 0.4) is 0 Å². The van der Waals surface area contributed by atoms with Crippen molar-refractivity contribution in [2.24, 2.45) is 0 Å². The van der Waals surface area contributed by atoms with Crippen LogP contribution < -0.4 is 25.8 Å². The highest BCUT2D eigenvalue weighted by molar-refractivity contribution is 7.13. The third-order valence-electron chi connectivity index (χ3n) is 3.83. The molecule has 0 spiro atoms. The molecule has 0 bridgehead atoms. The minimum Gasteiger partial charge on any atom is -0.475 e. The summed E-state index contributed by atoms with van der Waals surface area (Å²) >= 11 is 1.37. The lowest BCUT2D eigenvalue weighted by molar-refractivity contribution is 0.0933. The number of pyridine rings is 1. The number of hydrazine groups is 1. The van der Waals surface area contributed by atoms with E-state index in [2.05, 4.69) is 31.0 Å². The highest BCUT2D eigenvalue weighted by Gasteiger charge is 2.17. The number of ether oxygens (including phenoxy) is 3. The molecule has 1 aliphatic rings. The van der Waals surface area contributed by atoms with Crippen LogP contribution >= 0.6 is 11.3 Å². The number of hydrogen-bond acceptors (Lipinski definition) is 9. The number of amides is 3. The fraction of sp³-hybridized carbons (Fsp3) is 0.412. The van der Waals surface area contributed by atoms with Gasteiger partial charge in [0, 0.05) is 31.6 Å². The Hall–Kier alpha value is -2.96. The maximum absolute atomic E-state index is 12.2. The molecule has 0 unspecified atom stereocenters. The molecule has 0 saturated carbocycles. The zero-order chi connectivity index (χ0) is 20.5. The molecule has 1 saturated heterocycles. The minimum absolute atomic E-state index is 0.232. The molecule has 2 aromatic heterocycles. The van der Waals surface area contributed by atoms with Crippen molar-refractivity contribution in [1.82, 2.24) is 20.8 Å². The molecule has 3 heterocycles. The molecule has 156 valence electrons. The number of nitrogens with one attached hydrogen (secondary N) is 3. The maximum Gasteiger partial charge on any atom is 0.337 e. The van der Waals surface area contributed by atoms with E-state index < -0.39 is 11.9 Å². The van der Waals surface area contributed by atoms with Crippen molar-refractivity contribution in [3.05, 3.63) is 29.4 Å². The molecule has 0 radical (unpaired) electrons. The Balaban J connectivity index is 1.43. The molecular formula is C17H22N6O5S. The van der Waals surface area contributed by atoms with Crippen molar-refractivity contribution >= 4 is 34.1 Å². The van der Waals surface area contributed by atoms with E-state index in [0.29, 0.717) is 38.0 Å². The van der Waals surface area contributed by atoms with Gasteiger partial charge in [0.05, 0.1) is 31.7 Å². The molecule has 3 N–H and O–H groups in total. The third-order valence-corrected chi connectivity index (χ3v) is 4.73. The summed E-state index contributed by atoms with van der Waals surface area (Å²) in [5.41, 5.74) is 5.28. The topological polar surface area (TPSA) is 127 Å². The van der Waals surface area contributed by atoms with Crippen LogP contribution in [0.4, 0.5) is 15.6 Å². The molecule has 12 heteroatoms. The van der Waals surface area contributed by atoms with Crippen molar-refractivity contribution in [1.29, 1.82) is 0 Å². The molecule has 0 aliphatic carbocycles. The van der Waals surface area contributed by atoms with E-state index in [1.54, 1.807) is 24.6 Å². The number of methoxy groups -OCH3 is 1. The first-order chi connectivity index (χ1) is 14.2. The van der Waals surface area contributed by atoms with Gasteiger partial charge in [-0.3, -0.25) is 10.2 Å². The molecular weight excluding hydrogens is 400 g/mol. The van der Waals surface area contributed by atoms with Crippen LogP contribution in [0.2, 0.25) is 0 Å². The number of anilines is 2. The number of morpholine rings is 1. The van der Waals surface area contributed by atoms with Gasteiger partial charge in [0.25, 0.3) is 5.91 Å². The average Bonchev–Trinajstić information content (AvgIpc) is 3.25. The van der Waals surface area contributed by atoms with Gasteiger partial charge in [-0.25, -0.2) is 20.2 Å². The largest absolute Gasteiger partial charge is 0.475 e. The van der Waals surface area contributed by atoms with Gasteiger partial charge in [0.15, 0.2) is 5.13 Å². The van der Waals surface area contributed by atoms with Gasteiger partial charge in [0.1, 0.15) is 12.3 Å². The Labute approximate surface area is 171 Å². The molecule has 1 fully saturated rings. The standard InChI is InChI=1S/C17H22N6O5S/c1-26-8-9-28-14-3-2-12(10-18-14)19-16(25)22-21-15(24)13-11-29-17(20-13)23-4-6-27-7-5-23/h2-3,10-11H,4-9H2,1H3,(H,21,24)(H2,19,22,25). The normalized spacial score (nSPS) is 13.6.